The van der Waals surface area contributed by atoms with E-state index < -0.39 is 15.6 Å². The third-order valence-corrected chi connectivity index (χ3v) is 1.80. The summed E-state index contributed by atoms with van der Waals surface area (Å²) in [6.45, 7) is 0. The second-order valence-electron chi connectivity index (χ2n) is 0.976. The van der Waals surface area contributed by atoms with Crippen molar-refractivity contribution in [3.8, 4) is 0 Å². The van der Waals surface area contributed by atoms with Crippen LogP contribution in [0.25, 0.3) is 0 Å². The monoisotopic (exact) mass is 299 g/mol. The van der Waals surface area contributed by atoms with E-state index in [4.69, 9.17) is 0 Å². The van der Waals surface area contributed by atoms with Gasteiger partial charge in [0.1, 0.15) is 0 Å². The molecule has 0 heterocycles. The Morgan fingerprint density at radius 3 is 1.00 bits per heavy atom. The zero-order valence-electron chi connectivity index (χ0n) is 6.48. The molecule has 0 aliphatic rings. The summed E-state index contributed by atoms with van der Waals surface area (Å²) in [5.41, 5.74) is 0. The van der Waals surface area contributed by atoms with Gasteiger partial charge in [0.15, 0.2) is 0 Å². The standard InChI is InChI=1S/Fe.2Li.Mn.H4O7P2/c;;;;1-8(2,3)7-9(4,5)6/h;;;;(H2,1,2,3)(H2,4,5,6)/q;2*+1;+2;/p-4. The third-order valence-electron chi connectivity index (χ3n) is 0.200. The molecule has 0 aromatic carbocycles. The number of rotatable bonds is 2. The van der Waals surface area contributed by atoms with E-state index >= 15 is 0 Å². The Bertz CT molecular complexity index is 165. The summed E-state index contributed by atoms with van der Waals surface area (Å²) >= 11 is 0. The summed E-state index contributed by atoms with van der Waals surface area (Å²) in [6, 6.07) is 0. The quantitative estimate of drug-likeness (QED) is 0.365. The molecule has 0 bridgehead atoms. The summed E-state index contributed by atoms with van der Waals surface area (Å²) in [5, 5.41) is 0. The predicted octanol–water partition coefficient (Wildman–Crippen LogP) is -9.34. The van der Waals surface area contributed by atoms with Crippen LogP contribution in [0.4, 0.5) is 0 Å². The zero-order chi connectivity index (χ0) is 7.71. The molecular weight excluding hydrogens is 299 g/mol. The minimum absolute atomic E-state index is 0. The van der Waals surface area contributed by atoms with Crippen LogP contribution in [0.2, 0.25) is 0 Å². The number of phosphoric acid groups is 2. The van der Waals surface area contributed by atoms with E-state index in [9.17, 15) is 28.7 Å². The molecule has 0 fully saturated rings. The molecule has 0 atom stereocenters. The van der Waals surface area contributed by atoms with Crippen molar-refractivity contribution in [3.63, 3.8) is 0 Å². The van der Waals surface area contributed by atoms with Crippen molar-refractivity contribution in [1.29, 1.82) is 0 Å². The number of hydrogen-bond acceptors (Lipinski definition) is 7. The molecule has 0 spiro atoms. The molecule has 13 heteroatoms. The molecule has 0 aromatic rings. The average Bonchev–Trinajstić information content (AvgIpc) is 1.14. The maximum atomic E-state index is 9.32. The van der Waals surface area contributed by atoms with Crippen LogP contribution in [0.1, 0.15) is 0 Å². The van der Waals surface area contributed by atoms with E-state index in [0.717, 1.165) is 0 Å². The Kier molecular flexibility index (Phi) is 25.0. The van der Waals surface area contributed by atoms with Crippen LogP contribution >= 0.6 is 15.6 Å². The van der Waals surface area contributed by atoms with Crippen LogP contribution in [0.15, 0.2) is 0 Å². The van der Waals surface area contributed by atoms with Crippen molar-refractivity contribution in [2.45, 2.75) is 0 Å². The van der Waals surface area contributed by atoms with Gasteiger partial charge in [0.25, 0.3) is 0 Å². The molecule has 0 amide bonds. The fourth-order valence-electron chi connectivity index (χ4n) is 0.122. The average molecular weight is 299 g/mol. The van der Waals surface area contributed by atoms with Crippen LogP contribution in [-0.4, -0.2) is 0 Å². The molecule has 0 unspecified atom stereocenters. The van der Waals surface area contributed by atoms with Gasteiger partial charge < -0.3 is 33.0 Å². The Labute approximate surface area is 120 Å². The predicted molar refractivity (Wildman–Crippen MR) is 16.3 cm³/mol. The van der Waals surface area contributed by atoms with Gasteiger partial charge in [-0.3, -0.25) is 0 Å². The summed E-state index contributed by atoms with van der Waals surface area (Å²) in [5.74, 6) is 0. The molecule has 1 radical (unpaired) electrons. The maximum Gasteiger partial charge on any atom is 2.00 e. The molecule has 13 heavy (non-hydrogen) atoms. The summed E-state index contributed by atoms with van der Waals surface area (Å²) in [6.07, 6.45) is 0. The van der Waals surface area contributed by atoms with Gasteiger partial charge in [-0.25, -0.2) is 0 Å². The van der Waals surface area contributed by atoms with Gasteiger partial charge >= 0.3 is 54.8 Å². The van der Waals surface area contributed by atoms with Crippen molar-refractivity contribution in [2.75, 3.05) is 0 Å². The molecular formula is FeLi2MnO7P2. The Morgan fingerprint density at radius 2 is 1.00 bits per heavy atom. The van der Waals surface area contributed by atoms with E-state index in [0.29, 0.717) is 0 Å². The second-order valence-corrected chi connectivity index (χ2v) is 3.42. The minimum Gasteiger partial charge on any atom is -0.790 e. The van der Waals surface area contributed by atoms with Gasteiger partial charge in [-0.15, -0.1) is 0 Å². The SMILES string of the molecule is O=P([O-])([O-])OP(=O)([O-])[O-].[Fe].[Li+].[Li+].[Mn+2]. The Balaban J connectivity index is -0.0000000533. The molecule has 0 saturated heterocycles. The fourth-order valence-corrected chi connectivity index (χ4v) is 1.10. The first-order valence-electron chi connectivity index (χ1n) is 1.46. The van der Waals surface area contributed by atoms with E-state index in [1.54, 1.807) is 0 Å². The molecule has 0 aliphatic carbocycles. The van der Waals surface area contributed by atoms with E-state index in [1.165, 1.54) is 0 Å². The Morgan fingerprint density at radius 1 is 0.846 bits per heavy atom. The molecule has 0 N–H and O–H groups in total. The largest absolute Gasteiger partial charge is 2.00 e. The van der Waals surface area contributed by atoms with Gasteiger partial charge in [-0.05, 0) is 0 Å². The number of hydrogen-bond donors (Lipinski definition) is 0. The third kappa shape index (κ3) is 31.4. The zero-order valence-corrected chi connectivity index (χ0v) is 10.6. The van der Waals surface area contributed by atoms with E-state index in [1.807, 2.05) is 0 Å². The van der Waals surface area contributed by atoms with Crippen molar-refractivity contribution >= 4 is 15.6 Å². The van der Waals surface area contributed by atoms with Crippen molar-refractivity contribution < 1.29 is 105 Å². The van der Waals surface area contributed by atoms with Gasteiger partial charge in [0, 0.05) is 17.1 Å². The van der Waals surface area contributed by atoms with Gasteiger partial charge in [0.2, 0.25) is 0 Å². The second kappa shape index (κ2) is 11.0. The first-order valence-corrected chi connectivity index (χ1v) is 4.38. The van der Waals surface area contributed by atoms with Crippen LogP contribution < -0.4 is 57.3 Å². The summed E-state index contributed by atoms with van der Waals surface area (Å²) in [7, 11) is -11.4. The topological polar surface area (TPSA) is 136 Å². The van der Waals surface area contributed by atoms with Crippen molar-refractivity contribution in [2.24, 2.45) is 0 Å². The van der Waals surface area contributed by atoms with Gasteiger partial charge in [-0.1, -0.05) is 0 Å². The van der Waals surface area contributed by atoms with Crippen molar-refractivity contribution in [1.82, 2.24) is 0 Å². The maximum absolute atomic E-state index is 9.32. The Hall–Kier alpha value is 2.49. The molecule has 69 valence electrons. The molecule has 0 aromatic heterocycles. The first-order chi connectivity index (χ1) is 3.71. The van der Waals surface area contributed by atoms with Gasteiger partial charge in [-0.2, -0.15) is 0 Å². The van der Waals surface area contributed by atoms with E-state index in [2.05, 4.69) is 4.31 Å². The van der Waals surface area contributed by atoms with E-state index in [-0.39, 0.29) is 71.9 Å². The van der Waals surface area contributed by atoms with Crippen LogP contribution in [0, 0.1) is 0 Å². The smallest absolute Gasteiger partial charge is 0.790 e. The normalized spacial score (nSPS) is 9.54. The molecule has 0 rings (SSSR count). The summed E-state index contributed by atoms with van der Waals surface area (Å²) < 4.78 is 21.2. The van der Waals surface area contributed by atoms with Crippen LogP contribution in [0.5, 0.6) is 0 Å². The first kappa shape index (κ1) is 29.6. The minimum atomic E-state index is -5.68. The molecule has 0 aliphatic heterocycles. The fraction of sp³-hybridized carbons (Fsp3) is 0. The van der Waals surface area contributed by atoms with Gasteiger partial charge in [0.05, 0.1) is 15.6 Å². The summed E-state index contributed by atoms with van der Waals surface area (Å²) in [4.78, 5) is 37.3. The van der Waals surface area contributed by atoms with Crippen molar-refractivity contribution in [3.05, 3.63) is 0 Å². The van der Waals surface area contributed by atoms with Crippen LogP contribution in [0.3, 0.4) is 0 Å². The molecule has 0 saturated carbocycles. The molecule has 7 nitrogen and oxygen atoms in total. The van der Waals surface area contributed by atoms with Crippen LogP contribution in [-0.2, 0) is 47.6 Å².